The maximum Gasteiger partial charge on any atom is 0.266 e. The molecule has 1 saturated heterocycles. The summed E-state index contributed by atoms with van der Waals surface area (Å²) in [4.78, 5) is 25.3. The SMILES string of the molecule is CC(C)[C@H](C(=O)[O-])N1C(=O)/C(=C/C(Cl)=C/c2ccccc2)SC1=S. The molecule has 2 rings (SSSR count). The molecule has 24 heavy (non-hydrogen) atoms. The third-order valence-electron chi connectivity index (χ3n) is 3.35. The summed E-state index contributed by atoms with van der Waals surface area (Å²) in [6.45, 7) is 3.40. The van der Waals surface area contributed by atoms with E-state index in [-0.39, 0.29) is 10.2 Å². The van der Waals surface area contributed by atoms with Crippen LogP contribution in [0.5, 0.6) is 0 Å². The Morgan fingerprint density at radius 3 is 2.50 bits per heavy atom. The first-order valence-electron chi connectivity index (χ1n) is 7.21. The Morgan fingerprint density at radius 2 is 1.96 bits per heavy atom. The van der Waals surface area contributed by atoms with Gasteiger partial charge in [0.05, 0.1) is 16.9 Å². The van der Waals surface area contributed by atoms with Gasteiger partial charge in [0.2, 0.25) is 0 Å². The van der Waals surface area contributed by atoms with Crippen molar-refractivity contribution in [2.45, 2.75) is 19.9 Å². The predicted octanol–water partition coefficient (Wildman–Crippen LogP) is 2.79. The van der Waals surface area contributed by atoms with Crippen molar-refractivity contribution in [1.82, 2.24) is 4.90 Å². The summed E-state index contributed by atoms with van der Waals surface area (Å²) in [5, 5.41) is 11.7. The van der Waals surface area contributed by atoms with Crippen LogP contribution < -0.4 is 5.11 Å². The average molecular weight is 381 g/mol. The van der Waals surface area contributed by atoms with Crippen molar-refractivity contribution >= 4 is 57.9 Å². The van der Waals surface area contributed by atoms with Gasteiger partial charge in [-0.05, 0) is 23.6 Å². The number of carboxylic acids is 1. The molecule has 7 heteroatoms. The van der Waals surface area contributed by atoms with E-state index >= 15 is 0 Å². The highest BCUT2D eigenvalue weighted by atomic mass is 35.5. The normalized spacial score (nSPS) is 18.6. The molecule has 0 unspecified atom stereocenters. The topological polar surface area (TPSA) is 60.4 Å². The lowest BCUT2D eigenvalue weighted by Gasteiger charge is -2.30. The van der Waals surface area contributed by atoms with Crippen LogP contribution >= 0.6 is 35.6 Å². The van der Waals surface area contributed by atoms with Gasteiger partial charge in [-0.2, -0.15) is 0 Å². The van der Waals surface area contributed by atoms with E-state index in [1.165, 1.54) is 6.08 Å². The van der Waals surface area contributed by atoms with Crippen LogP contribution in [0.15, 0.2) is 46.3 Å². The highest BCUT2D eigenvalue weighted by molar-refractivity contribution is 8.26. The fourth-order valence-electron chi connectivity index (χ4n) is 2.27. The van der Waals surface area contributed by atoms with Gasteiger partial charge in [0.15, 0.2) is 0 Å². The molecule has 0 radical (unpaired) electrons. The van der Waals surface area contributed by atoms with E-state index in [2.05, 4.69) is 0 Å². The van der Waals surface area contributed by atoms with Crippen LogP contribution in [0.1, 0.15) is 19.4 Å². The maximum atomic E-state index is 12.5. The molecule has 1 atom stereocenters. The second-order valence-electron chi connectivity index (χ2n) is 5.50. The van der Waals surface area contributed by atoms with Gasteiger partial charge in [0, 0.05) is 5.03 Å². The third-order valence-corrected chi connectivity index (χ3v) is 4.90. The number of amides is 1. The van der Waals surface area contributed by atoms with Crippen molar-refractivity contribution in [3.8, 4) is 0 Å². The van der Waals surface area contributed by atoms with Crippen molar-refractivity contribution in [3.63, 3.8) is 0 Å². The number of carboxylic acid groups (broad SMARTS) is 1. The summed E-state index contributed by atoms with van der Waals surface area (Å²) in [5.74, 6) is -2.12. The van der Waals surface area contributed by atoms with E-state index in [1.54, 1.807) is 19.9 Å². The number of carbonyl (C=O) groups excluding carboxylic acids is 2. The van der Waals surface area contributed by atoms with Gasteiger partial charge in [0.1, 0.15) is 4.32 Å². The Balaban J connectivity index is 2.28. The van der Waals surface area contributed by atoms with Gasteiger partial charge in [-0.1, -0.05) is 79.8 Å². The Morgan fingerprint density at radius 1 is 1.33 bits per heavy atom. The number of benzene rings is 1. The summed E-state index contributed by atoms with van der Waals surface area (Å²) >= 11 is 12.4. The summed E-state index contributed by atoms with van der Waals surface area (Å²) in [5.41, 5.74) is 0.893. The highest BCUT2D eigenvalue weighted by Crippen LogP contribution is 2.35. The number of allylic oxidation sites excluding steroid dienone is 2. The van der Waals surface area contributed by atoms with E-state index in [0.29, 0.717) is 9.94 Å². The molecule has 0 bridgehead atoms. The van der Waals surface area contributed by atoms with Crippen molar-refractivity contribution in [2.24, 2.45) is 5.92 Å². The first kappa shape index (κ1) is 18.7. The van der Waals surface area contributed by atoms with Crippen LogP contribution in [0.4, 0.5) is 0 Å². The number of aliphatic carboxylic acids is 1. The van der Waals surface area contributed by atoms with Gasteiger partial charge in [-0.15, -0.1) is 0 Å². The number of thiocarbonyl (C=S) groups is 1. The van der Waals surface area contributed by atoms with Gasteiger partial charge in [0.25, 0.3) is 5.91 Å². The summed E-state index contributed by atoms with van der Waals surface area (Å²) < 4.78 is 0.193. The zero-order chi connectivity index (χ0) is 17.9. The molecule has 1 aliphatic heterocycles. The molecule has 0 saturated carbocycles. The highest BCUT2D eigenvalue weighted by Gasteiger charge is 2.39. The van der Waals surface area contributed by atoms with E-state index in [1.807, 2.05) is 30.3 Å². The number of hydrogen-bond donors (Lipinski definition) is 0. The molecule has 1 heterocycles. The molecule has 0 spiro atoms. The van der Waals surface area contributed by atoms with Crippen LogP contribution in [0.3, 0.4) is 0 Å². The Kier molecular flexibility index (Phi) is 6.21. The third kappa shape index (κ3) is 4.26. The Bertz CT molecular complexity index is 729. The van der Waals surface area contributed by atoms with Crippen molar-refractivity contribution in [1.29, 1.82) is 0 Å². The minimum atomic E-state index is -1.33. The van der Waals surface area contributed by atoms with E-state index in [4.69, 9.17) is 23.8 Å². The lowest BCUT2D eigenvalue weighted by atomic mass is 10.0. The van der Waals surface area contributed by atoms with Gasteiger partial charge in [-0.3, -0.25) is 9.69 Å². The molecule has 1 aromatic carbocycles. The molecule has 0 aromatic heterocycles. The number of thioether (sulfide) groups is 1. The largest absolute Gasteiger partial charge is 0.548 e. The molecule has 126 valence electrons. The zero-order valence-corrected chi connectivity index (χ0v) is 15.5. The summed E-state index contributed by atoms with van der Waals surface area (Å²) in [7, 11) is 0. The fourth-order valence-corrected chi connectivity index (χ4v) is 3.89. The summed E-state index contributed by atoms with van der Waals surface area (Å²) in [6, 6.07) is 8.31. The van der Waals surface area contributed by atoms with Crippen LogP contribution in [-0.4, -0.2) is 27.1 Å². The molecule has 4 nitrogen and oxygen atoms in total. The minimum absolute atomic E-state index is 0.193. The number of nitrogens with zero attached hydrogens (tertiary/aromatic N) is 1. The fraction of sp³-hybridized carbons (Fsp3) is 0.235. The molecule has 1 aromatic rings. The zero-order valence-electron chi connectivity index (χ0n) is 13.1. The van der Waals surface area contributed by atoms with Crippen molar-refractivity contribution < 1.29 is 14.7 Å². The Labute approximate surface area is 155 Å². The second kappa shape index (κ2) is 7.96. The van der Waals surface area contributed by atoms with Gasteiger partial charge < -0.3 is 9.90 Å². The monoisotopic (exact) mass is 380 g/mol. The molecule has 0 aliphatic carbocycles. The van der Waals surface area contributed by atoms with E-state index in [9.17, 15) is 14.7 Å². The summed E-state index contributed by atoms with van der Waals surface area (Å²) in [6.07, 6.45) is 3.22. The van der Waals surface area contributed by atoms with Crippen molar-refractivity contribution in [2.75, 3.05) is 0 Å². The number of halogens is 1. The second-order valence-corrected chi connectivity index (χ2v) is 7.61. The Hall–Kier alpha value is -1.63. The van der Waals surface area contributed by atoms with Crippen LogP contribution in [0, 0.1) is 5.92 Å². The number of rotatable bonds is 5. The van der Waals surface area contributed by atoms with Crippen LogP contribution in [0.2, 0.25) is 0 Å². The van der Waals surface area contributed by atoms with Gasteiger partial charge in [-0.25, -0.2) is 0 Å². The molecule has 0 N–H and O–H groups in total. The molecular formula is C17H15ClNO3S2-. The minimum Gasteiger partial charge on any atom is -0.548 e. The first-order chi connectivity index (χ1) is 11.3. The lowest BCUT2D eigenvalue weighted by molar-refractivity contribution is -0.311. The number of hydrogen-bond acceptors (Lipinski definition) is 5. The van der Waals surface area contributed by atoms with E-state index in [0.717, 1.165) is 22.2 Å². The maximum absolute atomic E-state index is 12.5. The van der Waals surface area contributed by atoms with Crippen molar-refractivity contribution in [3.05, 3.63) is 51.9 Å². The van der Waals surface area contributed by atoms with Crippen LogP contribution in [-0.2, 0) is 9.59 Å². The molecule has 1 fully saturated rings. The standard InChI is InChI=1S/C17H16ClNO3S2/c1-10(2)14(16(21)22)19-15(20)13(24-17(19)23)9-12(18)8-11-6-4-3-5-7-11/h3-10,14H,1-2H3,(H,21,22)/p-1/b12-8-,13-9-/t14-/m1/s1. The molecule has 1 aliphatic rings. The lowest BCUT2D eigenvalue weighted by Crippen LogP contribution is -2.52. The predicted molar refractivity (Wildman–Crippen MR) is 99.0 cm³/mol. The van der Waals surface area contributed by atoms with Gasteiger partial charge >= 0.3 is 0 Å². The molecular weight excluding hydrogens is 366 g/mol. The van der Waals surface area contributed by atoms with E-state index < -0.39 is 17.9 Å². The molecule has 1 amide bonds. The first-order valence-corrected chi connectivity index (χ1v) is 8.81. The smallest absolute Gasteiger partial charge is 0.266 e. The quantitative estimate of drug-likeness (QED) is 0.580. The average Bonchev–Trinajstić information content (AvgIpc) is 2.75. The van der Waals surface area contributed by atoms with Crippen LogP contribution in [0.25, 0.3) is 6.08 Å². The number of carbonyl (C=O) groups is 2.